The van der Waals surface area contributed by atoms with Gasteiger partial charge in [0.25, 0.3) is 5.56 Å². The summed E-state index contributed by atoms with van der Waals surface area (Å²) in [5.41, 5.74) is 1.09. The molecule has 0 saturated carbocycles. The first kappa shape index (κ1) is 21.6. The number of halogens is 1. The number of imidazole rings is 1. The van der Waals surface area contributed by atoms with E-state index in [1.165, 1.54) is 23.2 Å². The van der Waals surface area contributed by atoms with E-state index in [0.29, 0.717) is 0 Å². The van der Waals surface area contributed by atoms with Crippen molar-refractivity contribution >= 4 is 28.7 Å². The number of hydrogen-bond acceptors (Lipinski definition) is 4. The molecule has 0 aliphatic heterocycles. The second kappa shape index (κ2) is 8.47. The molecule has 0 fully saturated rings. The van der Waals surface area contributed by atoms with Crippen molar-refractivity contribution in [3.05, 3.63) is 97.9 Å². The van der Waals surface area contributed by atoms with E-state index in [4.69, 9.17) is 11.6 Å². The lowest BCUT2D eigenvalue weighted by atomic mass is 9.97. The van der Waals surface area contributed by atoms with E-state index in [9.17, 15) is 14.4 Å². The smallest absolute Gasteiger partial charge is 0.332 e. The minimum absolute atomic E-state index is 0.0315. The third-order valence-electron chi connectivity index (χ3n) is 5.61. The summed E-state index contributed by atoms with van der Waals surface area (Å²) in [6, 6.07) is 19.1. The van der Waals surface area contributed by atoms with E-state index < -0.39 is 11.2 Å². The predicted molar refractivity (Wildman–Crippen MR) is 123 cm³/mol. The monoisotopic (exact) mass is 451 g/mol. The van der Waals surface area contributed by atoms with Crippen molar-refractivity contribution in [1.82, 2.24) is 23.6 Å². The molecule has 4 rings (SSSR count). The van der Waals surface area contributed by atoms with Crippen LogP contribution in [0.1, 0.15) is 17.2 Å². The van der Waals surface area contributed by atoms with Crippen molar-refractivity contribution in [2.45, 2.75) is 12.6 Å². The second-order valence-corrected chi connectivity index (χ2v) is 7.91. The Bertz CT molecular complexity index is 1370. The average molecular weight is 452 g/mol. The number of carbonyl (C=O) groups excluding carboxylic acids is 1. The van der Waals surface area contributed by atoms with E-state index in [1.54, 1.807) is 11.9 Å². The van der Waals surface area contributed by atoms with Crippen molar-refractivity contribution in [2.75, 3.05) is 7.05 Å². The van der Waals surface area contributed by atoms with E-state index >= 15 is 0 Å². The average Bonchev–Trinajstić information content (AvgIpc) is 3.13. The Morgan fingerprint density at radius 3 is 2.03 bits per heavy atom. The molecule has 0 bridgehead atoms. The van der Waals surface area contributed by atoms with Crippen LogP contribution < -0.4 is 11.2 Å². The van der Waals surface area contributed by atoms with Gasteiger partial charge in [-0.3, -0.25) is 23.3 Å². The number of aryl methyl sites for hydroxylation is 1. The highest BCUT2D eigenvalue weighted by molar-refractivity contribution is 6.29. The SMILES string of the molecule is CN(C(=O)Cn1c(Cl)nc2c1c(=O)n(C)c(=O)n2C)C(c1ccccc1)c1ccccc1. The van der Waals surface area contributed by atoms with Crippen LogP contribution in [0.2, 0.25) is 5.28 Å². The molecule has 164 valence electrons. The maximum atomic E-state index is 13.4. The number of fused-ring (bicyclic) bond motifs is 1. The van der Waals surface area contributed by atoms with Crippen LogP contribution in [0, 0.1) is 0 Å². The molecule has 0 radical (unpaired) electrons. The topological polar surface area (TPSA) is 82.1 Å². The molecule has 1 amide bonds. The van der Waals surface area contributed by atoms with Gasteiger partial charge in [0, 0.05) is 21.1 Å². The molecular weight excluding hydrogens is 430 g/mol. The zero-order chi connectivity index (χ0) is 23.0. The number of nitrogens with zero attached hydrogens (tertiary/aromatic N) is 5. The molecule has 0 unspecified atom stereocenters. The summed E-state index contributed by atoms with van der Waals surface area (Å²) in [5, 5.41) is -0.0315. The molecule has 0 aliphatic rings. The van der Waals surface area contributed by atoms with Gasteiger partial charge in [-0.25, -0.2) is 4.79 Å². The standard InChI is InChI=1S/C23H22ClN5O3/c1-26(18(15-10-6-4-7-11-15)16-12-8-5-9-13-16)17(30)14-29-19-20(25-22(29)24)27(2)23(32)28(3)21(19)31/h4-13,18H,14H2,1-3H3. The number of aromatic nitrogens is 4. The normalized spacial score (nSPS) is 11.3. The quantitative estimate of drug-likeness (QED) is 0.436. The Labute approximate surface area is 188 Å². The van der Waals surface area contributed by atoms with Gasteiger partial charge in [-0.1, -0.05) is 60.7 Å². The molecule has 0 atom stereocenters. The van der Waals surface area contributed by atoms with Crippen LogP contribution in [-0.2, 0) is 25.4 Å². The molecule has 9 heteroatoms. The highest BCUT2D eigenvalue weighted by Crippen LogP contribution is 2.28. The maximum absolute atomic E-state index is 13.4. The van der Waals surface area contributed by atoms with Crippen LogP contribution in [0.4, 0.5) is 0 Å². The number of hydrogen-bond donors (Lipinski definition) is 0. The third kappa shape index (κ3) is 3.62. The van der Waals surface area contributed by atoms with Gasteiger partial charge in [0.2, 0.25) is 11.2 Å². The van der Waals surface area contributed by atoms with Crippen LogP contribution in [0.25, 0.3) is 11.2 Å². The summed E-state index contributed by atoms with van der Waals surface area (Å²) in [4.78, 5) is 44.1. The van der Waals surface area contributed by atoms with Crippen LogP contribution in [0.3, 0.4) is 0 Å². The molecule has 32 heavy (non-hydrogen) atoms. The molecule has 0 spiro atoms. The fourth-order valence-corrected chi connectivity index (χ4v) is 4.09. The zero-order valence-electron chi connectivity index (χ0n) is 17.9. The molecule has 2 heterocycles. The molecule has 4 aromatic rings. The largest absolute Gasteiger partial charge is 0.333 e. The minimum atomic E-state index is -0.555. The summed E-state index contributed by atoms with van der Waals surface area (Å²) in [5.74, 6) is -0.264. The number of likely N-dealkylation sites (N-methyl/N-ethyl adjacent to an activating group) is 1. The fraction of sp³-hybridized carbons (Fsp3) is 0.217. The van der Waals surface area contributed by atoms with Gasteiger partial charge in [0.05, 0.1) is 6.04 Å². The molecule has 8 nitrogen and oxygen atoms in total. The van der Waals surface area contributed by atoms with Gasteiger partial charge in [-0.2, -0.15) is 4.98 Å². The Morgan fingerprint density at radius 2 is 1.50 bits per heavy atom. The van der Waals surface area contributed by atoms with E-state index in [-0.39, 0.29) is 34.9 Å². The van der Waals surface area contributed by atoms with Gasteiger partial charge in [-0.05, 0) is 22.7 Å². The summed E-state index contributed by atoms with van der Waals surface area (Å²) in [6.45, 7) is -0.199. The summed E-state index contributed by atoms with van der Waals surface area (Å²) in [7, 11) is 4.60. The van der Waals surface area contributed by atoms with Crippen LogP contribution in [-0.4, -0.2) is 36.5 Å². The molecule has 0 aliphatic carbocycles. The highest BCUT2D eigenvalue weighted by atomic mass is 35.5. The van der Waals surface area contributed by atoms with Gasteiger partial charge in [0.15, 0.2) is 11.2 Å². The van der Waals surface area contributed by atoms with Crippen molar-refractivity contribution in [2.24, 2.45) is 14.1 Å². The van der Waals surface area contributed by atoms with Gasteiger partial charge >= 0.3 is 5.69 Å². The first-order valence-corrected chi connectivity index (χ1v) is 10.4. The Morgan fingerprint density at radius 1 is 0.969 bits per heavy atom. The van der Waals surface area contributed by atoms with Crippen molar-refractivity contribution in [3.63, 3.8) is 0 Å². The third-order valence-corrected chi connectivity index (χ3v) is 5.89. The van der Waals surface area contributed by atoms with Gasteiger partial charge in [-0.15, -0.1) is 0 Å². The Hall–Kier alpha value is -3.65. The molecule has 2 aromatic heterocycles. The van der Waals surface area contributed by atoms with Gasteiger partial charge < -0.3 is 4.90 Å². The Balaban J connectivity index is 1.76. The summed E-state index contributed by atoms with van der Waals surface area (Å²) in [6.07, 6.45) is 0. The van der Waals surface area contributed by atoms with Crippen molar-refractivity contribution in [1.29, 1.82) is 0 Å². The van der Waals surface area contributed by atoms with E-state index in [0.717, 1.165) is 15.7 Å². The first-order valence-electron chi connectivity index (χ1n) is 9.98. The van der Waals surface area contributed by atoms with Crippen molar-refractivity contribution in [3.8, 4) is 0 Å². The number of benzene rings is 2. The first-order chi connectivity index (χ1) is 15.3. The van der Waals surface area contributed by atoms with Gasteiger partial charge in [0.1, 0.15) is 6.54 Å². The highest BCUT2D eigenvalue weighted by Gasteiger charge is 2.26. The van der Waals surface area contributed by atoms with E-state index in [2.05, 4.69) is 4.98 Å². The number of amides is 1. The van der Waals surface area contributed by atoms with Crippen LogP contribution in [0.15, 0.2) is 70.3 Å². The predicted octanol–water partition coefficient (Wildman–Crippen LogP) is 2.34. The fourth-order valence-electron chi connectivity index (χ4n) is 3.87. The second-order valence-electron chi connectivity index (χ2n) is 7.57. The lowest BCUT2D eigenvalue weighted by Gasteiger charge is -2.29. The number of rotatable bonds is 5. The Kier molecular flexibility index (Phi) is 5.71. The molecule has 0 saturated heterocycles. The van der Waals surface area contributed by atoms with Crippen LogP contribution in [0.5, 0.6) is 0 Å². The summed E-state index contributed by atoms with van der Waals surface area (Å²) < 4.78 is 3.57. The molecule has 2 aromatic carbocycles. The van der Waals surface area contributed by atoms with Crippen molar-refractivity contribution < 1.29 is 4.79 Å². The molecular formula is C23H22ClN5O3. The number of carbonyl (C=O) groups is 1. The lowest BCUT2D eigenvalue weighted by Crippen LogP contribution is -2.38. The maximum Gasteiger partial charge on any atom is 0.332 e. The lowest BCUT2D eigenvalue weighted by molar-refractivity contribution is -0.132. The minimum Gasteiger partial charge on any atom is -0.333 e. The molecule has 0 N–H and O–H groups in total. The zero-order valence-corrected chi connectivity index (χ0v) is 18.7. The summed E-state index contributed by atoms with van der Waals surface area (Å²) >= 11 is 6.30. The van der Waals surface area contributed by atoms with Crippen LogP contribution >= 0.6 is 11.6 Å². The van der Waals surface area contributed by atoms with E-state index in [1.807, 2.05) is 60.7 Å².